The largest absolute Gasteiger partial charge is 0.356 e. The van der Waals surface area contributed by atoms with Crippen LogP contribution in [-0.4, -0.2) is 17.4 Å². The molecule has 0 spiro atoms. The molecule has 0 saturated heterocycles. The van der Waals surface area contributed by atoms with E-state index in [1.165, 1.54) is 18.2 Å². The summed E-state index contributed by atoms with van der Waals surface area (Å²) in [6, 6.07) is 8.26. The topological polar surface area (TPSA) is 44.9 Å². The second kappa shape index (κ2) is 7.74. The molecule has 1 amide bonds. The van der Waals surface area contributed by atoms with Gasteiger partial charge in [0.2, 0.25) is 5.91 Å². The Morgan fingerprint density at radius 3 is 2.48 bits per heavy atom. The van der Waals surface area contributed by atoms with Gasteiger partial charge in [-0.15, -0.1) is 0 Å². The molecule has 0 bridgehead atoms. The Labute approximate surface area is 179 Å². The van der Waals surface area contributed by atoms with Crippen molar-refractivity contribution in [1.29, 1.82) is 0 Å². The lowest BCUT2D eigenvalue weighted by atomic mass is 9.70. The zero-order valence-corrected chi connectivity index (χ0v) is 17.4. The summed E-state index contributed by atoms with van der Waals surface area (Å²) in [5.74, 6) is -0.422. The molecular formula is C25H25F3N2O. The molecule has 3 nitrogen and oxygen atoms in total. The molecule has 2 saturated carbocycles. The monoisotopic (exact) mass is 426 g/mol. The van der Waals surface area contributed by atoms with Crippen molar-refractivity contribution in [3.05, 3.63) is 59.4 Å². The average Bonchev–Trinajstić information content (AvgIpc) is 3.49. The van der Waals surface area contributed by atoms with Gasteiger partial charge < -0.3 is 10.3 Å². The molecule has 1 unspecified atom stereocenters. The van der Waals surface area contributed by atoms with Gasteiger partial charge in [0.1, 0.15) is 17.5 Å². The van der Waals surface area contributed by atoms with Crippen LogP contribution in [0.2, 0.25) is 0 Å². The Morgan fingerprint density at radius 1 is 1.10 bits per heavy atom. The lowest BCUT2D eigenvalue weighted by Crippen LogP contribution is -2.38. The third kappa shape index (κ3) is 3.84. The van der Waals surface area contributed by atoms with Gasteiger partial charge in [-0.1, -0.05) is 6.92 Å². The molecule has 0 aliphatic heterocycles. The third-order valence-corrected chi connectivity index (χ3v) is 6.95. The fourth-order valence-corrected chi connectivity index (χ4v) is 4.86. The summed E-state index contributed by atoms with van der Waals surface area (Å²) in [6.07, 6.45) is 3.94. The number of hydrogen-bond donors (Lipinski definition) is 2. The average molecular weight is 426 g/mol. The van der Waals surface area contributed by atoms with Crippen LogP contribution in [0, 0.1) is 35.2 Å². The molecule has 162 valence electrons. The summed E-state index contributed by atoms with van der Waals surface area (Å²) in [5, 5.41) is 3.61. The molecule has 0 radical (unpaired) electrons. The van der Waals surface area contributed by atoms with E-state index in [4.69, 9.17) is 0 Å². The first-order chi connectivity index (χ1) is 14.9. The lowest BCUT2D eigenvalue weighted by Gasteiger charge is -2.36. The number of halogens is 3. The van der Waals surface area contributed by atoms with E-state index < -0.39 is 11.6 Å². The van der Waals surface area contributed by atoms with Crippen molar-refractivity contribution < 1.29 is 18.0 Å². The number of carbonyl (C=O) groups excluding carboxylic acids is 1. The lowest BCUT2D eigenvalue weighted by molar-refractivity contribution is -0.125. The number of benzene rings is 2. The van der Waals surface area contributed by atoms with E-state index in [-0.39, 0.29) is 29.1 Å². The maximum atomic E-state index is 14.5. The molecule has 2 N–H and O–H groups in total. The SMILES string of the molecule is CC(C(=O)NCC1CC(c2c(-c3ccc(F)cc3)[nH]c3c(F)cc(F)cc23)C1)C1CC1. The van der Waals surface area contributed by atoms with Crippen molar-refractivity contribution in [3.8, 4) is 11.3 Å². The van der Waals surface area contributed by atoms with Gasteiger partial charge in [0.25, 0.3) is 0 Å². The minimum absolute atomic E-state index is 0.0699. The molecule has 2 fully saturated rings. The van der Waals surface area contributed by atoms with Gasteiger partial charge >= 0.3 is 0 Å². The highest BCUT2D eigenvalue weighted by Gasteiger charge is 2.36. The smallest absolute Gasteiger partial charge is 0.223 e. The Morgan fingerprint density at radius 2 is 1.81 bits per heavy atom. The molecule has 5 rings (SSSR count). The zero-order chi connectivity index (χ0) is 21.7. The zero-order valence-electron chi connectivity index (χ0n) is 17.4. The quantitative estimate of drug-likeness (QED) is 0.506. The van der Waals surface area contributed by atoms with Gasteiger partial charge in [-0.3, -0.25) is 4.79 Å². The number of hydrogen-bond acceptors (Lipinski definition) is 1. The van der Waals surface area contributed by atoms with Gasteiger partial charge in [0, 0.05) is 23.9 Å². The maximum Gasteiger partial charge on any atom is 0.223 e. The van der Waals surface area contributed by atoms with E-state index in [1.807, 2.05) is 6.92 Å². The Hall–Kier alpha value is -2.76. The van der Waals surface area contributed by atoms with E-state index >= 15 is 0 Å². The second-order valence-corrected chi connectivity index (χ2v) is 9.14. The van der Waals surface area contributed by atoms with Crippen LogP contribution in [0.15, 0.2) is 36.4 Å². The fourth-order valence-electron chi connectivity index (χ4n) is 4.86. The van der Waals surface area contributed by atoms with Crippen LogP contribution in [0.1, 0.15) is 44.1 Å². The second-order valence-electron chi connectivity index (χ2n) is 9.14. The predicted molar refractivity (Wildman–Crippen MR) is 114 cm³/mol. The van der Waals surface area contributed by atoms with Crippen LogP contribution in [0.3, 0.4) is 0 Å². The summed E-state index contributed by atoms with van der Waals surface area (Å²) in [6.45, 7) is 2.62. The minimum Gasteiger partial charge on any atom is -0.356 e. The van der Waals surface area contributed by atoms with E-state index in [1.54, 1.807) is 12.1 Å². The molecule has 6 heteroatoms. The number of nitrogens with one attached hydrogen (secondary N) is 2. The molecular weight excluding hydrogens is 401 g/mol. The summed E-state index contributed by atoms with van der Waals surface area (Å²) in [7, 11) is 0. The highest BCUT2D eigenvalue weighted by atomic mass is 19.1. The molecule has 2 aromatic carbocycles. The molecule has 1 atom stereocenters. The van der Waals surface area contributed by atoms with Gasteiger partial charge in [0.05, 0.1) is 11.2 Å². The van der Waals surface area contributed by atoms with Crippen LogP contribution in [0.4, 0.5) is 13.2 Å². The van der Waals surface area contributed by atoms with Gasteiger partial charge in [-0.2, -0.15) is 0 Å². The number of rotatable bonds is 6. The first-order valence-corrected chi connectivity index (χ1v) is 10.9. The van der Waals surface area contributed by atoms with Crippen molar-refractivity contribution in [2.75, 3.05) is 6.54 Å². The van der Waals surface area contributed by atoms with Gasteiger partial charge in [-0.05, 0) is 84.9 Å². The number of fused-ring (bicyclic) bond motifs is 1. The minimum atomic E-state index is -0.637. The molecule has 2 aliphatic carbocycles. The Bertz CT molecular complexity index is 1130. The highest BCUT2D eigenvalue weighted by Crippen LogP contribution is 2.48. The van der Waals surface area contributed by atoms with Crippen LogP contribution in [0.25, 0.3) is 22.2 Å². The Balaban J connectivity index is 1.38. The van der Waals surface area contributed by atoms with Crippen molar-refractivity contribution in [2.24, 2.45) is 17.8 Å². The Kier molecular flexibility index (Phi) is 5.03. The summed E-state index contributed by atoms with van der Waals surface area (Å²) < 4.78 is 41.9. The number of aromatic amines is 1. The molecule has 3 aromatic rings. The van der Waals surface area contributed by atoms with E-state index in [2.05, 4.69) is 10.3 Å². The number of carbonyl (C=O) groups is 1. The van der Waals surface area contributed by atoms with E-state index in [0.29, 0.717) is 29.5 Å². The highest BCUT2D eigenvalue weighted by molar-refractivity contribution is 5.92. The van der Waals surface area contributed by atoms with Crippen LogP contribution in [-0.2, 0) is 4.79 Å². The van der Waals surface area contributed by atoms with E-state index in [0.717, 1.165) is 42.9 Å². The first kappa shape index (κ1) is 20.2. The van der Waals surface area contributed by atoms with Crippen molar-refractivity contribution in [1.82, 2.24) is 10.3 Å². The van der Waals surface area contributed by atoms with Crippen LogP contribution in [0.5, 0.6) is 0 Å². The van der Waals surface area contributed by atoms with Crippen LogP contribution < -0.4 is 5.32 Å². The first-order valence-electron chi connectivity index (χ1n) is 10.9. The van der Waals surface area contributed by atoms with Gasteiger partial charge in [0.15, 0.2) is 0 Å². The normalized spacial score (nSPS) is 21.7. The standard InChI is InChI=1S/C25H25F3N2O/c1-13(15-2-3-15)25(31)29-12-14-8-17(9-14)22-20-10-19(27)11-21(28)24(20)30-23(22)16-4-6-18(26)7-5-16/h4-7,10-11,13-15,17,30H,2-3,8-9,12H2,1H3,(H,29,31). The number of amides is 1. The number of aromatic nitrogens is 1. The summed E-state index contributed by atoms with van der Waals surface area (Å²) in [5.41, 5.74) is 2.58. The summed E-state index contributed by atoms with van der Waals surface area (Å²) >= 11 is 0. The number of H-pyrrole nitrogens is 1. The van der Waals surface area contributed by atoms with Crippen molar-refractivity contribution in [3.63, 3.8) is 0 Å². The third-order valence-electron chi connectivity index (χ3n) is 6.95. The molecule has 31 heavy (non-hydrogen) atoms. The van der Waals surface area contributed by atoms with Crippen LogP contribution >= 0.6 is 0 Å². The summed E-state index contributed by atoms with van der Waals surface area (Å²) in [4.78, 5) is 15.4. The van der Waals surface area contributed by atoms with Crippen molar-refractivity contribution >= 4 is 16.8 Å². The maximum absolute atomic E-state index is 14.5. The molecule has 1 aromatic heterocycles. The fraction of sp³-hybridized carbons (Fsp3) is 0.400. The van der Waals surface area contributed by atoms with E-state index in [9.17, 15) is 18.0 Å². The predicted octanol–water partition coefficient (Wildman–Crippen LogP) is 5.91. The van der Waals surface area contributed by atoms with Gasteiger partial charge in [-0.25, -0.2) is 13.2 Å². The molecule has 1 heterocycles. The molecule has 2 aliphatic rings. The van der Waals surface area contributed by atoms with Crippen molar-refractivity contribution in [2.45, 2.75) is 38.5 Å².